The molecule has 0 heterocycles. The van der Waals surface area contributed by atoms with Crippen molar-refractivity contribution in [2.45, 2.75) is 6.42 Å². The maximum absolute atomic E-state index is 10.9. The molecule has 1 aromatic rings. The minimum Gasteiger partial charge on any atom is -0.478 e. The first-order chi connectivity index (χ1) is 7.15. The average molecular weight is 223 g/mol. The van der Waals surface area contributed by atoms with Crippen LogP contribution < -0.4 is 5.73 Å². The second kappa shape index (κ2) is 5.46. The number of aromatic carboxylic acids is 1. The summed E-state index contributed by atoms with van der Waals surface area (Å²) < 4.78 is 0. The number of anilines is 1. The molecule has 3 N–H and O–H groups in total. The normalized spacial score (nSPS) is 10.7. The van der Waals surface area contributed by atoms with Crippen molar-refractivity contribution in [1.82, 2.24) is 0 Å². The third-order valence-corrected chi connectivity index (χ3v) is 2.16. The van der Waals surface area contributed by atoms with Gasteiger partial charge in [0.25, 0.3) is 0 Å². The van der Waals surface area contributed by atoms with Crippen molar-refractivity contribution < 1.29 is 9.90 Å². The molecule has 1 aromatic carbocycles. The largest absolute Gasteiger partial charge is 0.478 e. The van der Waals surface area contributed by atoms with E-state index < -0.39 is 5.97 Å². The summed E-state index contributed by atoms with van der Waals surface area (Å²) in [4.78, 5) is 10.9. The molecule has 1 rings (SSSR count). The van der Waals surface area contributed by atoms with Crippen LogP contribution in [0.4, 0.5) is 5.69 Å². The molecular weight excluding hydrogens is 210 g/mol. The Kier molecular flexibility index (Phi) is 4.24. The molecule has 0 aromatic heterocycles. The highest BCUT2D eigenvalue weighted by Crippen LogP contribution is 2.15. The monoisotopic (exact) mass is 223 g/mol. The van der Waals surface area contributed by atoms with Crippen LogP contribution in [0.2, 0.25) is 0 Å². The van der Waals surface area contributed by atoms with Gasteiger partial charge in [-0.3, -0.25) is 0 Å². The molecule has 4 heteroatoms. The maximum Gasteiger partial charge on any atom is 0.336 e. The lowest BCUT2D eigenvalue weighted by molar-refractivity contribution is 0.0696. The van der Waals surface area contributed by atoms with Gasteiger partial charge in [0, 0.05) is 5.69 Å². The van der Waals surface area contributed by atoms with Crippen LogP contribution in [0, 0.1) is 0 Å². The molecular formula is C11H13NO2S. The number of hydrogen-bond acceptors (Lipinski definition) is 3. The molecule has 15 heavy (non-hydrogen) atoms. The fourth-order valence-corrected chi connectivity index (χ4v) is 1.34. The van der Waals surface area contributed by atoms with Crippen LogP contribution in [0.5, 0.6) is 0 Å². The number of carboxylic acid groups (broad SMARTS) is 1. The molecule has 0 amide bonds. The van der Waals surface area contributed by atoms with Gasteiger partial charge < -0.3 is 10.8 Å². The summed E-state index contributed by atoms with van der Waals surface area (Å²) >= 11 is 4.06. The first kappa shape index (κ1) is 11.7. The second-order valence-corrected chi connectivity index (χ2v) is 3.51. The van der Waals surface area contributed by atoms with Gasteiger partial charge in [0.1, 0.15) is 0 Å². The van der Waals surface area contributed by atoms with Gasteiger partial charge in [-0.15, -0.1) is 0 Å². The molecule has 80 valence electrons. The van der Waals surface area contributed by atoms with E-state index in [0.29, 0.717) is 11.3 Å². The molecule has 0 saturated heterocycles. The Hall–Kier alpha value is -1.42. The zero-order valence-electron chi connectivity index (χ0n) is 8.18. The average Bonchev–Trinajstić information content (AvgIpc) is 2.20. The number of benzene rings is 1. The van der Waals surface area contributed by atoms with Crippen LogP contribution in [0.15, 0.2) is 24.3 Å². The Labute approximate surface area is 94.0 Å². The van der Waals surface area contributed by atoms with Crippen molar-refractivity contribution in [3.8, 4) is 0 Å². The molecule has 0 atom stereocenters. The highest BCUT2D eigenvalue weighted by Gasteiger charge is 2.07. The van der Waals surface area contributed by atoms with Crippen molar-refractivity contribution in [2.75, 3.05) is 11.5 Å². The fraction of sp³-hybridized carbons (Fsp3) is 0.182. The van der Waals surface area contributed by atoms with E-state index in [2.05, 4.69) is 12.6 Å². The Morgan fingerprint density at radius 1 is 1.53 bits per heavy atom. The minimum absolute atomic E-state index is 0.227. The van der Waals surface area contributed by atoms with Crippen LogP contribution in [0.3, 0.4) is 0 Å². The Balaban J connectivity index is 3.01. The highest BCUT2D eigenvalue weighted by molar-refractivity contribution is 7.80. The van der Waals surface area contributed by atoms with Gasteiger partial charge in [-0.1, -0.05) is 18.2 Å². The van der Waals surface area contributed by atoms with Crippen molar-refractivity contribution in [1.29, 1.82) is 0 Å². The van der Waals surface area contributed by atoms with Crippen molar-refractivity contribution >= 4 is 30.4 Å². The Morgan fingerprint density at radius 3 is 2.87 bits per heavy atom. The molecule has 0 unspecified atom stereocenters. The van der Waals surface area contributed by atoms with Gasteiger partial charge in [-0.05, 0) is 29.9 Å². The lowest BCUT2D eigenvalue weighted by Crippen LogP contribution is -2.00. The molecule has 0 aliphatic carbocycles. The smallest absolute Gasteiger partial charge is 0.336 e. The molecule has 0 fully saturated rings. The van der Waals surface area contributed by atoms with Crippen LogP contribution in [-0.2, 0) is 0 Å². The molecule has 0 radical (unpaired) electrons. The van der Waals surface area contributed by atoms with Gasteiger partial charge >= 0.3 is 5.97 Å². The fourth-order valence-electron chi connectivity index (χ4n) is 1.19. The zero-order chi connectivity index (χ0) is 11.3. The van der Waals surface area contributed by atoms with Gasteiger partial charge in [0.15, 0.2) is 0 Å². The van der Waals surface area contributed by atoms with E-state index in [4.69, 9.17) is 10.8 Å². The number of nitrogens with two attached hydrogens (primary N) is 1. The maximum atomic E-state index is 10.9. The van der Waals surface area contributed by atoms with Gasteiger partial charge in [0.05, 0.1) is 5.56 Å². The van der Waals surface area contributed by atoms with E-state index in [0.717, 1.165) is 12.2 Å². The van der Waals surface area contributed by atoms with Crippen LogP contribution in [0.25, 0.3) is 6.08 Å². The number of carbonyl (C=O) groups is 1. The van der Waals surface area contributed by atoms with E-state index in [-0.39, 0.29) is 5.56 Å². The predicted octanol–water partition coefficient (Wildman–Crippen LogP) is 2.30. The number of thiol groups is 1. The first-order valence-corrected chi connectivity index (χ1v) is 5.18. The summed E-state index contributed by atoms with van der Waals surface area (Å²) in [7, 11) is 0. The third-order valence-electron chi connectivity index (χ3n) is 1.90. The number of nitrogen functional groups attached to an aromatic ring is 1. The number of hydrogen-bond donors (Lipinski definition) is 3. The molecule has 0 spiro atoms. The SMILES string of the molecule is Nc1ccc(C=CCCS)c(C(=O)O)c1. The van der Waals surface area contributed by atoms with E-state index in [9.17, 15) is 4.79 Å². The second-order valence-electron chi connectivity index (χ2n) is 3.07. The van der Waals surface area contributed by atoms with E-state index in [1.807, 2.05) is 6.08 Å². The Bertz CT molecular complexity index is 388. The molecule has 0 bridgehead atoms. The van der Waals surface area contributed by atoms with Crippen LogP contribution in [0.1, 0.15) is 22.3 Å². The van der Waals surface area contributed by atoms with Gasteiger partial charge in [0.2, 0.25) is 0 Å². The highest BCUT2D eigenvalue weighted by atomic mass is 32.1. The van der Waals surface area contributed by atoms with Crippen molar-refractivity contribution in [2.24, 2.45) is 0 Å². The molecule has 0 saturated carbocycles. The molecule has 0 aliphatic rings. The lowest BCUT2D eigenvalue weighted by atomic mass is 10.1. The standard InChI is InChI=1S/C11H13NO2S/c12-9-5-4-8(3-1-2-6-15)10(7-9)11(13)14/h1,3-5,7,15H,2,6,12H2,(H,13,14). The minimum atomic E-state index is -0.965. The summed E-state index contributed by atoms with van der Waals surface area (Å²) in [6.07, 6.45) is 4.48. The van der Waals surface area contributed by atoms with E-state index >= 15 is 0 Å². The van der Waals surface area contributed by atoms with Gasteiger partial charge in [-0.25, -0.2) is 4.79 Å². The Morgan fingerprint density at radius 2 is 2.27 bits per heavy atom. The summed E-state index contributed by atoms with van der Waals surface area (Å²) in [5.74, 6) is -0.221. The first-order valence-electron chi connectivity index (χ1n) is 4.55. The summed E-state index contributed by atoms with van der Waals surface area (Å²) in [5.41, 5.74) is 6.87. The molecule has 0 aliphatic heterocycles. The number of allylic oxidation sites excluding steroid dienone is 1. The topological polar surface area (TPSA) is 63.3 Å². The predicted molar refractivity (Wildman–Crippen MR) is 65.3 cm³/mol. The lowest BCUT2D eigenvalue weighted by Gasteiger charge is -2.02. The number of carboxylic acids is 1. The van der Waals surface area contributed by atoms with E-state index in [1.165, 1.54) is 6.07 Å². The summed E-state index contributed by atoms with van der Waals surface area (Å²) in [6.45, 7) is 0. The van der Waals surface area contributed by atoms with E-state index in [1.54, 1.807) is 18.2 Å². The van der Waals surface area contributed by atoms with Gasteiger partial charge in [-0.2, -0.15) is 12.6 Å². The summed E-state index contributed by atoms with van der Waals surface area (Å²) in [6, 6.07) is 4.85. The quantitative estimate of drug-likeness (QED) is 0.542. The van der Waals surface area contributed by atoms with Crippen molar-refractivity contribution in [3.63, 3.8) is 0 Å². The van der Waals surface area contributed by atoms with Crippen molar-refractivity contribution in [3.05, 3.63) is 35.4 Å². The zero-order valence-corrected chi connectivity index (χ0v) is 9.08. The summed E-state index contributed by atoms with van der Waals surface area (Å²) in [5, 5.41) is 8.94. The van der Waals surface area contributed by atoms with Crippen LogP contribution in [-0.4, -0.2) is 16.8 Å². The third kappa shape index (κ3) is 3.32. The van der Waals surface area contributed by atoms with Crippen LogP contribution >= 0.6 is 12.6 Å². The molecule has 3 nitrogen and oxygen atoms in total. The number of rotatable bonds is 4.